The Bertz CT molecular complexity index is 195. The second kappa shape index (κ2) is 2.73. The monoisotopic (exact) mass is 170 g/mol. The van der Waals surface area contributed by atoms with E-state index in [1.54, 1.807) is 0 Å². The fourth-order valence-electron chi connectivity index (χ4n) is 1.84. The van der Waals surface area contributed by atoms with Crippen molar-refractivity contribution in [2.45, 2.75) is 51.7 Å². The summed E-state index contributed by atoms with van der Waals surface area (Å²) in [5.74, 6) is 0.137. The SMILES string of the molecule is CCC1(CC)NC(C)(C)NC1=O. The molecule has 0 unspecified atom stereocenters. The fraction of sp³-hybridized carbons (Fsp3) is 0.889. The molecule has 0 aliphatic carbocycles. The lowest BCUT2D eigenvalue weighted by molar-refractivity contribution is -0.124. The van der Waals surface area contributed by atoms with Crippen molar-refractivity contribution in [2.75, 3.05) is 0 Å². The lowest BCUT2D eigenvalue weighted by Gasteiger charge is -2.26. The first-order valence-electron chi connectivity index (χ1n) is 4.58. The van der Waals surface area contributed by atoms with Crippen LogP contribution in [0.3, 0.4) is 0 Å². The van der Waals surface area contributed by atoms with Gasteiger partial charge in [0.1, 0.15) is 0 Å². The van der Waals surface area contributed by atoms with Crippen molar-refractivity contribution in [3.8, 4) is 0 Å². The molecule has 0 aromatic carbocycles. The standard InChI is InChI=1S/C9H18N2O/c1-5-9(6-2)7(12)10-8(3,4)11-9/h11H,5-6H2,1-4H3,(H,10,12). The van der Waals surface area contributed by atoms with Gasteiger partial charge in [-0.2, -0.15) is 0 Å². The highest BCUT2D eigenvalue weighted by molar-refractivity contribution is 5.89. The third kappa shape index (κ3) is 1.33. The van der Waals surface area contributed by atoms with Crippen LogP contribution in [0.5, 0.6) is 0 Å². The summed E-state index contributed by atoms with van der Waals surface area (Å²) < 4.78 is 0. The molecule has 0 aromatic heterocycles. The normalized spacial score (nSPS) is 25.5. The molecule has 0 aromatic rings. The minimum Gasteiger partial charge on any atom is -0.337 e. The van der Waals surface area contributed by atoms with E-state index in [9.17, 15) is 4.79 Å². The lowest BCUT2D eigenvalue weighted by atomic mass is 9.93. The molecular formula is C9H18N2O. The molecule has 0 radical (unpaired) electrons. The van der Waals surface area contributed by atoms with Crippen LogP contribution in [0.1, 0.15) is 40.5 Å². The van der Waals surface area contributed by atoms with E-state index in [1.165, 1.54) is 0 Å². The summed E-state index contributed by atoms with van der Waals surface area (Å²) in [4.78, 5) is 11.6. The summed E-state index contributed by atoms with van der Waals surface area (Å²) in [5, 5.41) is 6.27. The maximum atomic E-state index is 11.6. The van der Waals surface area contributed by atoms with Crippen molar-refractivity contribution in [1.82, 2.24) is 10.6 Å². The molecule has 0 bridgehead atoms. The van der Waals surface area contributed by atoms with Crippen LogP contribution in [0.25, 0.3) is 0 Å². The van der Waals surface area contributed by atoms with Gasteiger partial charge >= 0.3 is 0 Å². The summed E-state index contributed by atoms with van der Waals surface area (Å²) in [5.41, 5.74) is -0.577. The van der Waals surface area contributed by atoms with Crippen molar-refractivity contribution in [3.63, 3.8) is 0 Å². The largest absolute Gasteiger partial charge is 0.337 e. The number of hydrogen-bond donors (Lipinski definition) is 2. The van der Waals surface area contributed by atoms with E-state index in [0.29, 0.717) is 0 Å². The van der Waals surface area contributed by atoms with Crippen molar-refractivity contribution >= 4 is 5.91 Å². The van der Waals surface area contributed by atoms with Crippen molar-refractivity contribution in [2.24, 2.45) is 0 Å². The second-order valence-corrected chi connectivity index (χ2v) is 3.99. The number of amides is 1. The summed E-state index contributed by atoms with van der Waals surface area (Å²) in [6, 6.07) is 0. The van der Waals surface area contributed by atoms with Gasteiger partial charge in [-0.25, -0.2) is 0 Å². The van der Waals surface area contributed by atoms with Gasteiger partial charge in [0.05, 0.1) is 11.2 Å². The molecule has 70 valence electrons. The van der Waals surface area contributed by atoms with Crippen LogP contribution < -0.4 is 10.6 Å². The van der Waals surface area contributed by atoms with E-state index in [4.69, 9.17) is 0 Å². The quantitative estimate of drug-likeness (QED) is 0.649. The first-order chi connectivity index (χ1) is 5.46. The van der Waals surface area contributed by atoms with Crippen LogP contribution >= 0.6 is 0 Å². The van der Waals surface area contributed by atoms with Gasteiger partial charge in [-0.3, -0.25) is 10.1 Å². The Kier molecular flexibility index (Phi) is 2.17. The smallest absolute Gasteiger partial charge is 0.241 e. The summed E-state index contributed by atoms with van der Waals surface area (Å²) in [7, 11) is 0. The molecule has 1 heterocycles. The molecule has 1 aliphatic heterocycles. The molecule has 0 spiro atoms. The highest BCUT2D eigenvalue weighted by Gasteiger charge is 2.46. The van der Waals surface area contributed by atoms with E-state index in [-0.39, 0.29) is 17.1 Å². The zero-order valence-corrected chi connectivity index (χ0v) is 8.32. The number of carbonyl (C=O) groups excluding carboxylic acids is 1. The lowest BCUT2D eigenvalue weighted by Crippen LogP contribution is -2.49. The van der Waals surface area contributed by atoms with Crippen LogP contribution in [0, 0.1) is 0 Å². The molecule has 2 N–H and O–H groups in total. The first kappa shape index (κ1) is 9.52. The minimum absolute atomic E-state index is 0.137. The van der Waals surface area contributed by atoms with E-state index >= 15 is 0 Å². The molecule has 1 aliphatic rings. The summed E-state index contributed by atoms with van der Waals surface area (Å²) in [6.07, 6.45) is 1.69. The molecular weight excluding hydrogens is 152 g/mol. The highest BCUT2D eigenvalue weighted by Crippen LogP contribution is 2.24. The molecule has 3 heteroatoms. The van der Waals surface area contributed by atoms with Gasteiger partial charge in [0.25, 0.3) is 0 Å². The number of nitrogens with one attached hydrogen (secondary N) is 2. The number of rotatable bonds is 2. The Balaban J connectivity index is 2.86. The van der Waals surface area contributed by atoms with Gasteiger partial charge in [0.15, 0.2) is 0 Å². The van der Waals surface area contributed by atoms with Crippen molar-refractivity contribution < 1.29 is 4.79 Å². The van der Waals surface area contributed by atoms with Gasteiger partial charge in [0, 0.05) is 0 Å². The first-order valence-corrected chi connectivity index (χ1v) is 4.58. The van der Waals surface area contributed by atoms with E-state index in [1.807, 2.05) is 27.7 Å². The van der Waals surface area contributed by atoms with E-state index in [0.717, 1.165) is 12.8 Å². The van der Waals surface area contributed by atoms with Gasteiger partial charge in [0.2, 0.25) is 5.91 Å². The van der Waals surface area contributed by atoms with Crippen LogP contribution in [0.2, 0.25) is 0 Å². The van der Waals surface area contributed by atoms with Gasteiger partial charge < -0.3 is 5.32 Å². The topological polar surface area (TPSA) is 41.1 Å². The van der Waals surface area contributed by atoms with Crippen LogP contribution in [0.15, 0.2) is 0 Å². The molecule has 1 rings (SSSR count). The third-order valence-electron chi connectivity index (χ3n) is 2.62. The molecule has 1 saturated heterocycles. The third-order valence-corrected chi connectivity index (χ3v) is 2.62. The minimum atomic E-state index is -0.330. The highest BCUT2D eigenvalue weighted by atomic mass is 16.2. The molecule has 12 heavy (non-hydrogen) atoms. The average molecular weight is 170 g/mol. The maximum Gasteiger partial charge on any atom is 0.241 e. The Morgan fingerprint density at radius 2 is 1.75 bits per heavy atom. The summed E-state index contributed by atoms with van der Waals surface area (Å²) >= 11 is 0. The summed E-state index contributed by atoms with van der Waals surface area (Å²) in [6.45, 7) is 8.05. The van der Waals surface area contributed by atoms with Crippen molar-refractivity contribution in [1.29, 1.82) is 0 Å². The second-order valence-electron chi connectivity index (χ2n) is 3.99. The van der Waals surface area contributed by atoms with Gasteiger partial charge in [-0.05, 0) is 26.7 Å². The predicted molar refractivity (Wildman–Crippen MR) is 48.7 cm³/mol. The zero-order chi connectivity index (χ0) is 9.41. The van der Waals surface area contributed by atoms with Crippen molar-refractivity contribution in [3.05, 3.63) is 0 Å². The number of carbonyl (C=O) groups is 1. The molecule has 1 fully saturated rings. The zero-order valence-electron chi connectivity index (χ0n) is 8.32. The Morgan fingerprint density at radius 1 is 1.25 bits per heavy atom. The Hall–Kier alpha value is -0.570. The Labute approximate surface area is 73.9 Å². The van der Waals surface area contributed by atoms with Crippen LogP contribution in [-0.2, 0) is 4.79 Å². The predicted octanol–water partition coefficient (Wildman–Crippen LogP) is 1.00. The van der Waals surface area contributed by atoms with E-state index < -0.39 is 0 Å². The van der Waals surface area contributed by atoms with Crippen LogP contribution in [-0.4, -0.2) is 17.1 Å². The Morgan fingerprint density at radius 3 is 1.92 bits per heavy atom. The number of hydrogen-bond acceptors (Lipinski definition) is 2. The molecule has 0 saturated carbocycles. The average Bonchev–Trinajstić information content (AvgIpc) is 2.21. The van der Waals surface area contributed by atoms with Gasteiger partial charge in [-0.15, -0.1) is 0 Å². The van der Waals surface area contributed by atoms with Gasteiger partial charge in [-0.1, -0.05) is 13.8 Å². The molecule has 3 nitrogen and oxygen atoms in total. The van der Waals surface area contributed by atoms with E-state index in [2.05, 4.69) is 10.6 Å². The van der Waals surface area contributed by atoms with Crippen LogP contribution in [0.4, 0.5) is 0 Å². The fourth-order valence-corrected chi connectivity index (χ4v) is 1.84. The molecule has 1 amide bonds. The molecule has 0 atom stereocenters. The maximum absolute atomic E-state index is 11.6.